The highest BCUT2D eigenvalue weighted by Crippen LogP contribution is 2.22. The molecule has 0 bridgehead atoms. The summed E-state index contributed by atoms with van der Waals surface area (Å²) in [6.45, 7) is 6.07. The number of nitrogens with one attached hydrogen (secondary N) is 1. The first-order valence-corrected chi connectivity index (χ1v) is 7.42. The second kappa shape index (κ2) is 6.91. The maximum absolute atomic E-state index is 11.9. The minimum atomic E-state index is -0.0238. The molecule has 0 aliphatic rings. The lowest BCUT2D eigenvalue weighted by atomic mass is 10.1. The van der Waals surface area contributed by atoms with Crippen LogP contribution in [0.4, 0.5) is 5.69 Å². The van der Waals surface area contributed by atoms with Gasteiger partial charge in [0.15, 0.2) is 0 Å². The molecule has 104 valence electrons. The fourth-order valence-electron chi connectivity index (χ4n) is 1.81. The van der Waals surface area contributed by atoms with Gasteiger partial charge in [-0.25, -0.2) is 0 Å². The quantitative estimate of drug-likeness (QED) is 0.869. The number of amides is 1. The number of carbonyl (C=O) groups is 1. The Labute approximate surface area is 124 Å². The van der Waals surface area contributed by atoms with Crippen LogP contribution in [-0.4, -0.2) is 35.0 Å². The van der Waals surface area contributed by atoms with E-state index in [0.29, 0.717) is 10.1 Å². The number of rotatable bonds is 3. The van der Waals surface area contributed by atoms with Gasteiger partial charge in [-0.15, -0.1) is 0 Å². The first kappa shape index (κ1) is 16.0. The monoisotopic (exact) mass is 296 g/mol. The maximum Gasteiger partial charge on any atom is 0.234 e. The van der Waals surface area contributed by atoms with E-state index in [2.05, 4.69) is 24.4 Å². The average Bonchev–Trinajstić information content (AvgIpc) is 2.30. The van der Waals surface area contributed by atoms with Crippen molar-refractivity contribution in [2.24, 2.45) is 0 Å². The van der Waals surface area contributed by atoms with Gasteiger partial charge in [-0.05, 0) is 31.9 Å². The van der Waals surface area contributed by atoms with Gasteiger partial charge in [0.2, 0.25) is 5.91 Å². The van der Waals surface area contributed by atoms with Crippen molar-refractivity contribution < 1.29 is 4.79 Å². The maximum atomic E-state index is 11.9. The molecule has 0 radical (unpaired) electrons. The van der Waals surface area contributed by atoms with Gasteiger partial charge in [0, 0.05) is 19.8 Å². The SMILES string of the molecule is Cc1cc(C)c(NC(=O)CSC(=S)N(C)C)c(C)c1. The van der Waals surface area contributed by atoms with Gasteiger partial charge in [0.05, 0.1) is 5.75 Å². The molecule has 1 aromatic carbocycles. The topological polar surface area (TPSA) is 32.3 Å². The van der Waals surface area contributed by atoms with Crippen molar-refractivity contribution in [3.63, 3.8) is 0 Å². The van der Waals surface area contributed by atoms with Crippen molar-refractivity contribution in [3.8, 4) is 0 Å². The fourth-order valence-corrected chi connectivity index (χ4v) is 2.57. The summed E-state index contributed by atoms with van der Waals surface area (Å²) in [5.74, 6) is 0.313. The minimum Gasteiger partial charge on any atom is -0.364 e. The van der Waals surface area contributed by atoms with Crippen molar-refractivity contribution in [2.75, 3.05) is 25.2 Å². The smallest absolute Gasteiger partial charge is 0.234 e. The van der Waals surface area contributed by atoms with Crippen LogP contribution in [0.3, 0.4) is 0 Å². The molecule has 0 fully saturated rings. The summed E-state index contributed by atoms with van der Waals surface area (Å²) in [5.41, 5.74) is 4.29. The molecular weight excluding hydrogens is 276 g/mol. The molecule has 0 saturated heterocycles. The highest BCUT2D eigenvalue weighted by molar-refractivity contribution is 8.23. The zero-order chi connectivity index (χ0) is 14.6. The van der Waals surface area contributed by atoms with Gasteiger partial charge in [-0.1, -0.05) is 41.7 Å². The van der Waals surface area contributed by atoms with Crippen LogP contribution in [0.25, 0.3) is 0 Å². The minimum absolute atomic E-state index is 0.0238. The first-order valence-electron chi connectivity index (χ1n) is 6.03. The lowest BCUT2D eigenvalue weighted by Gasteiger charge is -2.14. The van der Waals surface area contributed by atoms with E-state index < -0.39 is 0 Å². The average molecular weight is 296 g/mol. The molecule has 5 heteroatoms. The standard InChI is InChI=1S/C14H20N2OS2/c1-9-6-10(2)13(11(3)7-9)15-12(17)8-19-14(18)16(4)5/h6-7H,8H2,1-5H3,(H,15,17). The number of carbonyl (C=O) groups excluding carboxylic acids is 1. The lowest BCUT2D eigenvalue weighted by Crippen LogP contribution is -2.21. The van der Waals surface area contributed by atoms with Crippen LogP contribution in [0.1, 0.15) is 16.7 Å². The predicted molar refractivity (Wildman–Crippen MR) is 88.0 cm³/mol. The summed E-state index contributed by atoms with van der Waals surface area (Å²) in [4.78, 5) is 13.7. The zero-order valence-electron chi connectivity index (χ0n) is 12.0. The highest BCUT2D eigenvalue weighted by Gasteiger charge is 2.10. The predicted octanol–water partition coefficient (Wildman–Crippen LogP) is 3.13. The van der Waals surface area contributed by atoms with E-state index in [1.54, 1.807) is 0 Å². The highest BCUT2D eigenvalue weighted by atomic mass is 32.2. The second-order valence-corrected chi connectivity index (χ2v) is 6.38. The molecule has 0 aliphatic heterocycles. The van der Waals surface area contributed by atoms with Crippen LogP contribution < -0.4 is 5.32 Å². The number of thiocarbonyl (C=S) groups is 1. The Bertz CT molecular complexity index is 475. The summed E-state index contributed by atoms with van der Waals surface area (Å²) in [7, 11) is 3.75. The zero-order valence-corrected chi connectivity index (χ0v) is 13.7. The molecule has 1 rings (SSSR count). The van der Waals surface area contributed by atoms with Crippen LogP contribution in [0.15, 0.2) is 12.1 Å². The molecule has 0 saturated carbocycles. The third-order valence-electron chi connectivity index (χ3n) is 2.63. The first-order chi connectivity index (χ1) is 8.81. The molecule has 0 aliphatic carbocycles. The molecule has 0 aromatic heterocycles. The van der Waals surface area contributed by atoms with Crippen molar-refractivity contribution in [2.45, 2.75) is 20.8 Å². The van der Waals surface area contributed by atoms with E-state index in [-0.39, 0.29) is 5.91 Å². The summed E-state index contributed by atoms with van der Waals surface area (Å²) in [6, 6.07) is 4.14. The Kier molecular flexibility index (Phi) is 5.82. The van der Waals surface area contributed by atoms with E-state index in [0.717, 1.165) is 16.8 Å². The number of benzene rings is 1. The molecule has 0 heterocycles. The fraction of sp³-hybridized carbons (Fsp3) is 0.429. The molecule has 1 aromatic rings. The Morgan fingerprint density at radius 1 is 1.26 bits per heavy atom. The number of aryl methyl sites for hydroxylation is 3. The van der Waals surface area contributed by atoms with Crippen LogP contribution in [-0.2, 0) is 4.79 Å². The normalized spacial score (nSPS) is 10.2. The van der Waals surface area contributed by atoms with Crippen LogP contribution in [0.2, 0.25) is 0 Å². The molecule has 0 unspecified atom stereocenters. The van der Waals surface area contributed by atoms with Gasteiger partial charge >= 0.3 is 0 Å². The molecule has 1 N–H and O–H groups in total. The number of hydrogen-bond acceptors (Lipinski definition) is 3. The van der Waals surface area contributed by atoms with E-state index in [9.17, 15) is 4.79 Å². The molecule has 0 atom stereocenters. The summed E-state index contributed by atoms with van der Waals surface area (Å²) >= 11 is 6.51. The third kappa shape index (κ3) is 4.84. The van der Waals surface area contributed by atoms with E-state index in [1.165, 1.54) is 17.3 Å². The second-order valence-electron chi connectivity index (χ2n) is 4.77. The van der Waals surface area contributed by atoms with Gasteiger partial charge in [0.25, 0.3) is 0 Å². The van der Waals surface area contributed by atoms with E-state index in [4.69, 9.17) is 12.2 Å². The Balaban J connectivity index is 2.65. The lowest BCUT2D eigenvalue weighted by molar-refractivity contribution is -0.113. The molecule has 0 spiro atoms. The van der Waals surface area contributed by atoms with Gasteiger partial charge in [-0.3, -0.25) is 4.79 Å². The summed E-state index contributed by atoms with van der Waals surface area (Å²) in [6.07, 6.45) is 0. The Hall–Kier alpha value is -1.07. The van der Waals surface area contributed by atoms with Crippen molar-refractivity contribution >= 4 is 39.9 Å². The van der Waals surface area contributed by atoms with Gasteiger partial charge in [0.1, 0.15) is 4.32 Å². The van der Waals surface area contributed by atoms with Crippen LogP contribution in [0, 0.1) is 20.8 Å². The van der Waals surface area contributed by atoms with E-state index >= 15 is 0 Å². The number of nitrogens with zero attached hydrogens (tertiary/aromatic N) is 1. The Morgan fingerprint density at radius 2 is 1.79 bits per heavy atom. The van der Waals surface area contributed by atoms with Crippen molar-refractivity contribution in [1.29, 1.82) is 0 Å². The molecule has 1 amide bonds. The largest absolute Gasteiger partial charge is 0.364 e. The molecular formula is C14H20N2OS2. The third-order valence-corrected chi connectivity index (χ3v) is 4.37. The number of thioether (sulfide) groups is 1. The van der Waals surface area contributed by atoms with Crippen molar-refractivity contribution in [1.82, 2.24) is 4.90 Å². The molecule has 19 heavy (non-hydrogen) atoms. The number of hydrogen-bond donors (Lipinski definition) is 1. The van der Waals surface area contributed by atoms with E-state index in [1.807, 2.05) is 32.8 Å². The van der Waals surface area contributed by atoms with Gasteiger partial charge in [-0.2, -0.15) is 0 Å². The van der Waals surface area contributed by atoms with Crippen LogP contribution >= 0.6 is 24.0 Å². The summed E-state index contributed by atoms with van der Waals surface area (Å²) < 4.78 is 0.715. The molecule has 3 nitrogen and oxygen atoms in total. The van der Waals surface area contributed by atoms with Gasteiger partial charge < -0.3 is 10.2 Å². The Morgan fingerprint density at radius 3 is 2.26 bits per heavy atom. The number of anilines is 1. The van der Waals surface area contributed by atoms with Crippen molar-refractivity contribution in [3.05, 3.63) is 28.8 Å². The van der Waals surface area contributed by atoms with Crippen LogP contribution in [0.5, 0.6) is 0 Å². The summed E-state index contributed by atoms with van der Waals surface area (Å²) in [5, 5.41) is 2.96.